The quantitative estimate of drug-likeness (QED) is 0.734. The molecule has 0 saturated heterocycles. The average Bonchev–Trinajstić information content (AvgIpc) is 2.45. The van der Waals surface area contributed by atoms with Crippen molar-refractivity contribution in [3.8, 4) is 0 Å². The molecule has 24 heavy (non-hydrogen) atoms. The van der Waals surface area contributed by atoms with Crippen LogP contribution < -0.4 is 10.9 Å². The summed E-state index contributed by atoms with van der Waals surface area (Å²) in [5, 5.41) is 11.4. The number of hydrogen-bond donors (Lipinski definition) is 3. The van der Waals surface area contributed by atoms with Crippen LogP contribution >= 0.6 is 0 Å². The maximum atomic E-state index is 12.1. The van der Waals surface area contributed by atoms with E-state index in [1.807, 2.05) is 0 Å². The summed E-state index contributed by atoms with van der Waals surface area (Å²) in [5.41, 5.74) is 0.571. The number of carboxylic acids is 1. The first-order chi connectivity index (χ1) is 11.2. The topological polar surface area (TPSA) is 108 Å². The third kappa shape index (κ3) is 4.71. The zero-order valence-electron chi connectivity index (χ0n) is 14.1. The van der Waals surface area contributed by atoms with Crippen LogP contribution in [0.3, 0.4) is 0 Å². The number of aromatic nitrogens is 1. The monoisotopic (exact) mass is 334 g/mol. The van der Waals surface area contributed by atoms with Crippen molar-refractivity contribution < 1.29 is 19.4 Å². The number of alkyl carbamates (subject to hydrolysis) is 1. The number of aryl methyl sites for hydroxylation is 2. The predicted molar refractivity (Wildman–Crippen MR) is 88.7 cm³/mol. The van der Waals surface area contributed by atoms with Crippen LogP contribution in [-0.4, -0.2) is 27.8 Å². The molecule has 0 unspecified atom stereocenters. The van der Waals surface area contributed by atoms with Gasteiger partial charge < -0.3 is 14.8 Å². The second-order valence-electron chi connectivity index (χ2n) is 6.75. The summed E-state index contributed by atoms with van der Waals surface area (Å²) in [6, 6.07) is 1.69. The van der Waals surface area contributed by atoms with Gasteiger partial charge in [-0.25, -0.2) is 9.59 Å². The molecule has 1 aromatic heterocycles. The molecule has 130 valence electrons. The van der Waals surface area contributed by atoms with Crippen LogP contribution in [0.4, 0.5) is 4.79 Å². The SMILES string of the molecule is CC(C)(C)OC(=O)N/C(=C\c1cc2c([nH]c1=O)CCCC2)C(=O)O. The van der Waals surface area contributed by atoms with Gasteiger partial charge in [0.25, 0.3) is 5.56 Å². The van der Waals surface area contributed by atoms with Crippen molar-refractivity contribution in [3.05, 3.63) is 38.9 Å². The smallest absolute Gasteiger partial charge is 0.412 e. The van der Waals surface area contributed by atoms with Crippen molar-refractivity contribution >= 4 is 18.1 Å². The number of pyridine rings is 1. The minimum absolute atomic E-state index is 0.198. The lowest BCUT2D eigenvalue weighted by molar-refractivity contribution is -0.133. The number of carbonyl (C=O) groups is 2. The molecule has 3 N–H and O–H groups in total. The Hall–Kier alpha value is -2.57. The van der Waals surface area contributed by atoms with Gasteiger partial charge in [-0.1, -0.05) is 0 Å². The van der Waals surface area contributed by atoms with Gasteiger partial charge in [0, 0.05) is 11.3 Å². The van der Waals surface area contributed by atoms with E-state index in [0.717, 1.165) is 43.0 Å². The van der Waals surface area contributed by atoms with Crippen LogP contribution in [0.5, 0.6) is 0 Å². The van der Waals surface area contributed by atoms with Crippen LogP contribution in [0.2, 0.25) is 0 Å². The van der Waals surface area contributed by atoms with Crippen LogP contribution in [0.25, 0.3) is 6.08 Å². The Bertz CT molecular complexity index is 740. The van der Waals surface area contributed by atoms with Gasteiger partial charge in [0.05, 0.1) is 0 Å². The van der Waals surface area contributed by atoms with E-state index in [9.17, 15) is 19.5 Å². The fourth-order valence-corrected chi connectivity index (χ4v) is 2.52. The lowest BCUT2D eigenvalue weighted by atomic mass is 9.95. The number of nitrogens with one attached hydrogen (secondary N) is 2. The van der Waals surface area contributed by atoms with Gasteiger partial charge in [-0.2, -0.15) is 0 Å². The Balaban J connectivity index is 2.29. The van der Waals surface area contributed by atoms with E-state index in [0.29, 0.717) is 0 Å². The highest BCUT2D eigenvalue weighted by atomic mass is 16.6. The lowest BCUT2D eigenvalue weighted by Crippen LogP contribution is -2.34. The molecule has 7 nitrogen and oxygen atoms in total. The molecule has 1 aromatic rings. The lowest BCUT2D eigenvalue weighted by Gasteiger charge is -2.19. The molecule has 2 rings (SSSR count). The summed E-state index contributed by atoms with van der Waals surface area (Å²) in [6.07, 6.45) is 3.99. The van der Waals surface area contributed by atoms with E-state index in [1.54, 1.807) is 26.8 Å². The molecule has 1 aliphatic carbocycles. The molecule has 0 bridgehead atoms. The predicted octanol–water partition coefficient (Wildman–Crippen LogP) is 2.20. The first-order valence-electron chi connectivity index (χ1n) is 7.86. The average molecular weight is 334 g/mol. The summed E-state index contributed by atoms with van der Waals surface area (Å²) in [7, 11) is 0. The third-order valence-electron chi connectivity index (χ3n) is 3.53. The number of fused-ring (bicyclic) bond motifs is 1. The number of H-pyrrole nitrogens is 1. The van der Waals surface area contributed by atoms with Crippen molar-refractivity contribution in [2.75, 3.05) is 0 Å². The van der Waals surface area contributed by atoms with Gasteiger partial charge >= 0.3 is 12.1 Å². The number of carboxylic acid groups (broad SMARTS) is 1. The molecule has 0 fully saturated rings. The van der Waals surface area contributed by atoms with Crippen LogP contribution in [0, 0.1) is 0 Å². The summed E-state index contributed by atoms with van der Waals surface area (Å²) in [5.74, 6) is -1.35. The fraction of sp³-hybridized carbons (Fsp3) is 0.471. The maximum absolute atomic E-state index is 12.1. The van der Waals surface area contributed by atoms with E-state index < -0.39 is 23.4 Å². The Morgan fingerprint density at radius 2 is 1.96 bits per heavy atom. The van der Waals surface area contributed by atoms with Gasteiger partial charge in [0.2, 0.25) is 0 Å². The second-order valence-corrected chi connectivity index (χ2v) is 6.75. The minimum atomic E-state index is -1.35. The molecule has 1 heterocycles. The van der Waals surface area contributed by atoms with Gasteiger partial charge in [0.15, 0.2) is 0 Å². The van der Waals surface area contributed by atoms with Gasteiger partial charge in [-0.3, -0.25) is 10.1 Å². The number of rotatable bonds is 3. The van der Waals surface area contributed by atoms with Gasteiger partial charge in [0.1, 0.15) is 11.3 Å². The van der Waals surface area contributed by atoms with Crippen molar-refractivity contribution in [3.63, 3.8) is 0 Å². The summed E-state index contributed by atoms with van der Waals surface area (Å²) in [6.45, 7) is 5.01. The molecule has 0 atom stereocenters. The number of amides is 1. The van der Waals surface area contributed by atoms with E-state index in [2.05, 4.69) is 10.3 Å². The molecular formula is C17H22N2O5. The Labute approximate surface area is 139 Å². The van der Waals surface area contributed by atoms with Crippen molar-refractivity contribution in [2.45, 2.75) is 52.1 Å². The minimum Gasteiger partial charge on any atom is -0.477 e. The highest BCUT2D eigenvalue weighted by molar-refractivity contribution is 5.95. The number of carbonyl (C=O) groups excluding carboxylic acids is 1. The Morgan fingerprint density at radius 1 is 1.29 bits per heavy atom. The molecular weight excluding hydrogens is 312 g/mol. The van der Waals surface area contributed by atoms with E-state index in [1.165, 1.54) is 0 Å². The number of aromatic amines is 1. The molecule has 0 aromatic carbocycles. The Morgan fingerprint density at radius 3 is 2.58 bits per heavy atom. The Kier molecular flexibility index (Phi) is 5.11. The summed E-state index contributed by atoms with van der Waals surface area (Å²) in [4.78, 5) is 38.0. The van der Waals surface area contributed by atoms with Crippen LogP contribution in [0.1, 0.15) is 50.4 Å². The number of aliphatic carboxylic acids is 1. The molecule has 1 aliphatic rings. The number of hydrogen-bond acceptors (Lipinski definition) is 4. The number of ether oxygens (including phenoxy) is 1. The normalized spacial score (nSPS) is 14.7. The van der Waals surface area contributed by atoms with E-state index in [-0.39, 0.29) is 11.1 Å². The molecule has 7 heteroatoms. The van der Waals surface area contributed by atoms with Gasteiger partial charge in [-0.15, -0.1) is 0 Å². The molecule has 1 amide bonds. The first kappa shape index (κ1) is 17.8. The highest BCUT2D eigenvalue weighted by Gasteiger charge is 2.20. The summed E-state index contributed by atoms with van der Waals surface area (Å²) >= 11 is 0. The van der Waals surface area contributed by atoms with Crippen molar-refractivity contribution in [2.24, 2.45) is 0 Å². The molecule has 0 radical (unpaired) electrons. The molecule has 0 saturated carbocycles. The fourth-order valence-electron chi connectivity index (χ4n) is 2.52. The third-order valence-corrected chi connectivity index (χ3v) is 3.53. The zero-order valence-corrected chi connectivity index (χ0v) is 14.1. The van der Waals surface area contributed by atoms with Crippen LogP contribution in [-0.2, 0) is 22.4 Å². The highest BCUT2D eigenvalue weighted by Crippen LogP contribution is 2.19. The van der Waals surface area contributed by atoms with Gasteiger partial charge in [-0.05, 0) is 64.2 Å². The maximum Gasteiger partial charge on any atom is 0.412 e. The zero-order chi connectivity index (χ0) is 17.9. The standard InChI is InChI=1S/C17H22N2O5/c1-17(2,3)24-16(23)19-13(15(21)22)9-11-8-10-6-4-5-7-12(10)18-14(11)20/h8-9H,4-7H2,1-3H3,(H,18,20)(H,19,23)(H,21,22)/b13-9-. The molecule has 0 aliphatic heterocycles. The van der Waals surface area contributed by atoms with E-state index >= 15 is 0 Å². The van der Waals surface area contributed by atoms with Crippen molar-refractivity contribution in [1.29, 1.82) is 0 Å². The summed E-state index contributed by atoms with van der Waals surface area (Å²) < 4.78 is 5.04. The first-order valence-corrected chi connectivity index (χ1v) is 7.86. The van der Waals surface area contributed by atoms with E-state index in [4.69, 9.17) is 4.74 Å². The molecule has 0 spiro atoms. The van der Waals surface area contributed by atoms with Crippen molar-refractivity contribution in [1.82, 2.24) is 10.3 Å². The second kappa shape index (κ2) is 6.90. The largest absolute Gasteiger partial charge is 0.477 e. The van der Waals surface area contributed by atoms with Crippen LogP contribution in [0.15, 0.2) is 16.6 Å².